The van der Waals surface area contributed by atoms with E-state index in [1.165, 1.54) is 4.88 Å². The number of carbonyl (C=O) groups is 1. The molecular weight excluding hydrogens is 426 g/mol. The van der Waals surface area contributed by atoms with E-state index in [4.69, 9.17) is 18.9 Å². The van der Waals surface area contributed by atoms with Crippen molar-refractivity contribution < 1.29 is 23.7 Å². The molecule has 0 unspecified atom stereocenters. The van der Waals surface area contributed by atoms with Crippen molar-refractivity contribution in [2.24, 2.45) is 0 Å². The second-order valence-corrected chi connectivity index (χ2v) is 8.79. The van der Waals surface area contributed by atoms with Crippen LogP contribution in [0.1, 0.15) is 31.9 Å². The van der Waals surface area contributed by atoms with E-state index in [9.17, 15) is 4.79 Å². The molecule has 3 aromatic rings. The lowest BCUT2D eigenvalue weighted by atomic mass is 10.00. The molecule has 32 heavy (non-hydrogen) atoms. The van der Waals surface area contributed by atoms with E-state index in [2.05, 4.69) is 22.4 Å². The summed E-state index contributed by atoms with van der Waals surface area (Å²) >= 11 is 1.73. The fourth-order valence-corrected chi connectivity index (χ4v) is 4.86. The monoisotopic (exact) mass is 449 g/mol. The number of Topliss-reactive ketones (excluding diaryl/α,β-unsaturated/α-hetero) is 1. The van der Waals surface area contributed by atoms with Gasteiger partial charge in [0.05, 0.1) is 19.8 Å². The Labute approximate surface area is 190 Å². The molecule has 3 heterocycles. The molecule has 0 N–H and O–H groups in total. The molecule has 0 amide bonds. The molecule has 0 saturated heterocycles. The first-order valence-corrected chi connectivity index (χ1v) is 11.2. The highest BCUT2D eigenvalue weighted by molar-refractivity contribution is 7.09. The van der Waals surface area contributed by atoms with Crippen molar-refractivity contribution in [1.82, 2.24) is 4.90 Å². The van der Waals surface area contributed by atoms with Gasteiger partial charge in [-0.25, -0.2) is 0 Å². The lowest BCUT2D eigenvalue weighted by Gasteiger charge is -2.30. The minimum atomic E-state index is -0.129. The molecular formula is C25H23NO5S. The van der Waals surface area contributed by atoms with Crippen LogP contribution in [-0.2, 0) is 13.1 Å². The number of allylic oxidation sites excluding steroid dienone is 1. The fourth-order valence-electron chi connectivity index (χ4n) is 4.11. The van der Waals surface area contributed by atoms with Crippen LogP contribution in [0.3, 0.4) is 0 Å². The van der Waals surface area contributed by atoms with Gasteiger partial charge in [0.25, 0.3) is 0 Å². The summed E-state index contributed by atoms with van der Waals surface area (Å²) in [5, 5.41) is 2.08. The average molecular weight is 450 g/mol. The summed E-state index contributed by atoms with van der Waals surface area (Å²) in [6.45, 7) is 4.00. The summed E-state index contributed by atoms with van der Waals surface area (Å²) in [5.74, 6) is 2.77. The Bertz CT molecular complexity index is 1220. The van der Waals surface area contributed by atoms with E-state index in [0.29, 0.717) is 29.5 Å². The maximum atomic E-state index is 13.2. The molecule has 0 fully saturated rings. The summed E-state index contributed by atoms with van der Waals surface area (Å²) in [6.07, 6.45) is 1.73. The van der Waals surface area contributed by atoms with Gasteiger partial charge in [0, 0.05) is 29.1 Å². The van der Waals surface area contributed by atoms with Crippen LogP contribution in [0.15, 0.2) is 47.5 Å². The molecule has 0 saturated carbocycles. The molecule has 0 aliphatic carbocycles. The molecule has 5 rings (SSSR count). The van der Waals surface area contributed by atoms with Crippen LogP contribution >= 0.6 is 11.3 Å². The minimum absolute atomic E-state index is 0.129. The second kappa shape index (κ2) is 8.33. The van der Waals surface area contributed by atoms with E-state index in [1.54, 1.807) is 37.7 Å². The highest BCUT2D eigenvalue weighted by Crippen LogP contribution is 2.43. The number of fused-ring (bicyclic) bond motifs is 2. The highest BCUT2D eigenvalue weighted by Gasteiger charge is 2.33. The number of benzene rings is 2. The van der Waals surface area contributed by atoms with Gasteiger partial charge in [-0.1, -0.05) is 12.1 Å². The fraction of sp³-hybridized carbons (Fsp3) is 0.240. The van der Waals surface area contributed by atoms with Crippen LogP contribution in [0.5, 0.6) is 23.0 Å². The Morgan fingerprint density at radius 1 is 1.12 bits per heavy atom. The van der Waals surface area contributed by atoms with E-state index >= 15 is 0 Å². The first-order valence-electron chi connectivity index (χ1n) is 10.3. The van der Waals surface area contributed by atoms with Crippen molar-refractivity contribution >= 4 is 23.2 Å². The number of methoxy groups -OCH3 is 2. The van der Waals surface area contributed by atoms with Gasteiger partial charge in [-0.05, 0) is 48.2 Å². The van der Waals surface area contributed by atoms with Crippen molar-refractivity contribution in [3.05, 3.63) is 74.7 Å². The SMILES string of the molecule is COc1ccc(C=C2Oc3c(cc4c(c3C)OCN(Cc3cccs3)C4)C2=O)cc1OC. The third-order valence-corrected chi connectivity index (χ3v) is 6.53. The molecule has 0 radical (unpaired) electrons. The van der Waals surface area contributed by atoms with Crippen LogP contribution in [0.4, 0.5) is 0 Å². The number of nitrogens with zero attached hydrogens (tertiary/aromatic N) is 1. The maximum absolute atomic E-state index is 13.2. The zero-order valence-electron chi connectivity index (χ0n) is 18.1. The van der Waals surface area contributed by atoms with Gasteiger partial charge in [-0.15, -0.1) is 11.3 Å². The summed E-state index contributed by atoms with van der Waals surface area (Å²) in [4.78, 5) is 16.7. The number of rotatable bonds is 5. The van der Waals surface area contributed by atoms with Crippen LogP contribution in [0.2, 0.25) is 0 Å². The van der Waals surface area contributed by atoms with E-state index in [1.807, 2.05) is 25.1 Å². The molecule has 0 spiro atoms. The largest absolute Gasteiger partial charge is 0.493 e. The zero-order chi connectivity index (χ0) is 22.2. The molecule has 0 bridgehead atoms. The van der Waals surface area contributed by atoms with Gasteiger partial charge in [0.15, 0.2) is 17.3 Å². The Morgan fingerprint density at radius 3 is 2.72 bits per heavy atom. The third-order valence-electron chi connectivity index (χ3n) is 5.67. The van der Waals surface area contributed by atoms with Gasteiger partial charge < -0.3 is 18.9 Å². The second-order valence-electron chi connectivity index (χ2n) is 7.76. The summed E-state index contributed by atoms with van der Waals surface area (Å²) in [6, 6.07) is 11.6. The van der Waals surface area contributed by atoms with E-state index in [0.717, 1.165) is 35.5 Å². The predicted octanol–water partition coefficient (Wildman–Crippen LogP) is 5.04. The number of hydrogen-bond acceptors (Lipinski definition) is 7. The molecule has 2 aliphatic heterocycles. The quantitative estimate of drug-likeness (QED) is 0.509. The molecule has 164 valence electrons. The first kappa shape index (κ1) is 20.6. The van der Waals surface area contributed by atoms with E-state index in [-0.39, 0.29) is 11.5 Å². The Morgan fingerprint density at radius 2 is 1.97 bits per heavy atom. The minimum Gasteiger partial charge on any atom is -0.493 e. The van der Waals surface area contributed by atoms with Gasteiger partial charge in [0.2, 0.25) is 5.78 Å². The molecule has 7 heteroatoms. The van der Waals surface area contributed by atoms with Crippen molar-refractivity contribution in [3.8, 4) is 23.0 Å². The summed E-state index contributed by atoms with van der Waals surface area (Å²) < 4.78 is 22.7. The number of thiophene rings is 1. The van der Waals surface area contributed by atoms with Gasteiger partial charge in [0.1, 0.15) is 18.2 Å². The van der Waals surface area contributed by atoms with Crippen molar-refractivity contribution in [3.63, 3.8) is 0 Å². The van der Waals surface area contributed by atoms with Gasteiger partial charge in [-0.3, -0.25) is 9.69 Å². The predicted molar refractivity (Wildman–Crippen MR) is 123 cm³/mol. The first-order chi connectivity index (χ1) is 15.6. The molecule has 6 nitrogen and oxygen atoms in total. The van der Waals surface area contributed by atoms with Crippen molar-refractivity contribution in [1.29, 1.82) is 0 Å². The van der Waals surface area contributed by atoms with Crippen LogP contribution in [-0.4, -0.2) is 31.6 Å². The van der Waals surface area contributed by atoms with Crippen LogP contribution < -0.4 is 18.9 Å². The number of ether oxygens (including phenoxy) is 4. The lowest BCUT2D eigenvalue weighted by Crippen LogP contribution is -2.31. The van der Waals surface area contributed by atoms with Crippen molar-refractivity contribution in [2.45, 2.75) is 20.0 Å². The molecule has 0 atom stereocenters. The van der Waals surface area contributed by atoms with E-state index < -0.39 is 0 Å². The third kappa shape index (κ3) is 3.63. The summed E-state index contributed by atoms with van der Waals surface area (Å²) in [5.41, 5.74) is 3.24. The smallest absolute Gasteiger partial charge is 0.231 e. The Kier molecular flexibility index (Phi) is 5.36. The number of carbonyl (C=O) groups excluding carboxylic acids is 1. The lowest BCUT2D eigenvalue weighted by molar-refractivity contribution is 0.0886. The maximum Gasteiger partial charge on any atom is 0.231 e. The molecule has 2 aliphatic rings. The summed E-state index contributed by atoms with van der Waals surface area (Å²) in [7, 11) is 3.17. The number of ketones is 1. The van der Waals surface area contributed by atoms with Crippen molar-refractivity contribution in [2.75, 3.05) is 21.0 Å². The topological polar surface area (TPSA) is 57.2 Å². The zero-order valence-corrected chi connectivity index (χ0v) is 19.0. The Balaban J connectivity index is 1.43. The number of hydrogen-bond donors (Lipinski definition) is 0. The normalized spacial score (nSPS) is 16.3. The van der Waals surface area contributed by atoms with Crippen LogP contribution in [0.25, 0.3) is 6.08 Å². The average Bonchev–Trinajstić information content (AvgIpc) is 3.42. The molecule has 1 aromatic heterocycles. The van der Waals surface area contributed by atoms with Crippen LogP contribution in [0, 0.1) is 6.92 Å². The molecule has 2 aromatic carbocycles. The Hall–Kier alpha value is -3.29. The standard InChI is InChI=1S/C25H23NO5S/c1-15-24-17(12-26(14-30-24)13-18-5-4-8-32-18)11-19-23(27)22(31-25(15)19)10-16-6-7-20(28-2)21(9-16)29-3/h4-11H,12-14H2,1-3H3. The van der Waals surface area contributed by atoms with Gasteiger partial charge >= 0.3 is 0 Å². The van der Waals surface area contributed by atoms with Gasteiger partial charge in [-0.2, -0.15) is 0 Å². The highest BCUT2D eigenvalue weighted by atomic mass is 32.1.